The molecule has 0 saturated carbocycles. The Balaban J connectivity index is 1.71. The summed E-state index contributed by atoms with van der Waals surface area (Å²) < 4.78 is 1.65. The Labute approximate surface area is 134 Å². The van der Waals surface area contributed by atoms with Gasteiger partial charge in [-0.25, -0.2) is 9.67 Å². The van der Waals surface area contributed by atoms with Gasteiger partial charge in [-0.15, -0.1) is 0 Å². The standard InChI is InChI=1S/C18H16N4O/c1-13-12-14-6-2-3-8-16(14)22(13)18(23)15-7-4-9-17(20-15)21-11-5-10-19-21/h2-11,13H,12H2,1H3/t13-/m1/s1. The Bertz CT molecular complexity index is 857. The molecule has 1 amide bonds. The van der Waals surface area contributed by atoms with E-state index < -0.39 is 0 Å². The van der Waals surface area contributed by atoms with Crippen molar-refractivity contribution in [2.45, 2.75) is 19.4 Å². The molecule has 1 aliphatic heterocycles. The maximum absolute atomic E-state index is 13.0. The lowest BCUT2D eigenvalue weighted by Crippen LogP contribution is -2.36. The van der Waals surface area contributed by atoms with E-state index in [1.165, 1.54) is 5.56 Å². The number of para-hydroxylation sites is 1. The van der Waals surface area contributed by atoms with Crippen LogP contribution in [0.25, 0.3) is 5.82 Å². The molecule has 3 aromatic rings. The average molecular weight is 304 g/mol. The molecule has 0 spiro atoms. The van der Waals surface area contributed by atoms with E-state index in [1.807, 2.05) is 47.5 Å². The van der Waals surface area contributed by atoms with Gasteiger partial charge in [-0.05, 0) is 43.2 Å². The van der Waals surface area contributed by atoms with Crippen LogP contribution in [0.4, 0.5) is 5.69 Å². The summed E-state index contributed by atoms with van der Waals surface area (Å²) in [7, 11) is 0. The fraction of sp³-hybridized carbons (Fsp3) is 0.167. The van der Waals surface area contributed by atoms with Crippen LogP contribution in [0.2, 0.25) is 0 Å². The molecule has 1 aliphatic rings. The molecule has 0 bridgehead atoms. The molecule has 0 radical (unpaired) electrons. The molecule has 23 heavy (non-hydrogen) atoms. The second-order valence-electron chi connectivity index (χ2n) is 5.69. The summed E-state index contributed by atoms with van der Waals surface area (Å²) in [6.45, 7) is 2.06. The number of anilines is 1. The summed E-state index contributed by atoms with van der Waals surface area (Å²) in [5.74, 6) is 0.567. The molecule has 0 unspecified atom stereocenters. The number of rotatable bonds is 2. The summed E-state index contributed by atoms with van der Waals surface area (Å²) >= 11 is 0. The first-order chi connectivity index (χ1) is 11.2. The van der Waals surface area contributed by atoms with Gasteiger partial charge in [-0.3, -0.25) is 4.79 Å². The number of carbonyl (C=O) groups is 1. The van der Waals surface area contributed by atoms with E-state index in [2.05, 4.69) is 23.1 Å². The van der Waals surface area contributed by atoms with Crippen molar-refractivity contribution in [1.29, 1.82) is 0 Å². The number of fused-ring (bicyclic) bond motifs is 1. The van der Waals surface area contributed by atoms with Crippen molar-refractivity contribution in [2.24, 2.45) is 0 Å². The van der Waals surface area contributed by atoms with Gasteiger partial charge >= 0.3 is 0 Å². The SMILES string of the molecule is C[C@@H]1Cc2ccccc2N1C(=O)c1cccc(-n2cccn2)n1. The zero-order valence-corrected chi connectivity index (χ0v) is 12.8. The van der Waals surface area contributed by atoms with Crippen molar-refractivity contribution in [2.75, 3.05) is 4.90 Å². The van der Waals surface area contributed by atoms with Gasteiger partial charge in [0, 0.05) is 24.1 Å². The van der Waals surface area contributed by atoms with E-state index in [1.54, 1.807) is 16.9 Å². The van der Waals surface area contributed by atoms with Crippen molar-refractivity contribution >= 4 is 11.6 Å². The van der Waals surface area contributed by atoms with Gasteiger partial charge in [0.25, 0.3) is 5.91 Å². The monoisotopic (exact) mass is 304 g/mol. The molecule has 114 valence electrons. The molecule has 0 N–H and O–H groups in total. The van der Waals surface area contributed by atoms with Gasteiger partial charge in [0.2, 0.25) is 0 Å². The zero-order valence-electron chi connectivity index (χ0n) is 12.8. The fourth-order valence-electron chi connectivity index (χ4n) is 3.07. The maximum Gasteiger partial charge on any atom is 0.277 e. The highest BCUT2D eigenvalue weighted by Crippen LogP contribution is 2.32. The Kier molecular flexibility index (Phi) is 3.19. The molecule has 5 heteroatoms. The lowest BCUT2D eigenvalue weighted by Gasteiger charge is -2.22. The fourth-order valence-corrected chi connectivity index (χ4v) is 3.07. The number of benzene rings is 1. The van der Waals surface area contributed by atoms with Crippen LogP contribution in [0.5, 0.6) is 0 Å². The maximum atomic E-state index is 13.0. The highest BCUT2D eigenvalue weighted by molar-refractivity contribution is 6.06. The van der Waals surface area contributed by atoms with Crippen LogP contribution < -0.4 is 4.90 Å². The number of aromatic nitrogens is 3. The zero-order chi connectivity index (χ0) is 15.8. The van der Waals surface area contributed by atoms with Gasteiger partial charge < -0.3 is 4.90 Å². The van der Waals surface area contributed by atoms with Crippen LogP contribution in [0.1, 0.15) is 23.0 Å². The first-order valence-corrected chi connectivity index (χ1v) is 7.62. The third-order valence-corrected chi connectivity index (χ3v) is 4.12. The molecule has 5 nitrogen and oxygen atoms in total. The topological polar surface area (TPSA) is 51.0 Å². The number of hydrogen-bond donors (Lipinski definition) is 0. The molecular weight excluding hydrogens is 288 g/mol. The van der Waals surface area contributed by atoms with Crippen molar-refractivity contribution < 1.29 is 4.79 Å². The highest BCUT2D eigenvalue weighted by Gasteiger charge is 2.31. The Hall–Kier alpha value is -2.95. The molecule has 0 fully saturated rings. The van der Waals surface area contributed by atoms with Crippen LogP contribution in [0.15, 0.2) is 60.9 Å². The first kappa shape index (κ1) is 13.7. The molecule has 0 saturated heterocycles. The smallest absolute Gasteiger partial charge is 0.277 e. The Morgan fingerprint density at radius 2 is 2.00 bits per heavy atom. The minimum Gasteiger partial charge on any atom is -0.304 e. The van der Waals surface area contributed by atoms with Crippen LogP contribution in [-0.4, -0.2) is 26.7 Å². The predicted molar refractivity (Wildman–Crippen MR) is 87.8 cm³/mol. The molecule has 1 aromatic carbocycles. The van der Waals surface area contributed by atoms with Crippen molar-refractivity contribution in [3.8, 4) is 5.82 Å². The molecule has 1 atom stereocenters. The van der Waals surface area contributed by atoms with Crippen molar-refractivity contribution in [1.82, 2.24) is 14.8 Å². The summed E-state index contributed by atoms with van der Waals surface area (Å²) in [6, 6.07) is 15.4. The van der Waals surface area contributed by atoms with Gasteiger partial charge in [-0.1, -0.05) is 24.3 Å². The number of amides is 1. The van der Waals surface area contributed by atoms with E-state index in [0.717, 1.165) is 12.1 Å². The quantitative estimate of drug-likeness (QED) is 0.731. The van der Waals surface area contributed by atoms with Gasteiger partial charge in [0.05, 0.1) is 0 Å². The van der Waals surface area contributed by atoms with Crippen molar-refractivity contribution in [3.63, 3.8) is 0 Å². The number of carbonyl (C=O) groups excluding carboxylic acids is 1. The predicted octanol–water partition coefficient (Wildman–Crippen LogP) is 2.86. The van der Waals surface area contributed by atoms with Gasteiger partial charge in [0.15, 0.2) is 5.82 Å². The van der Waals surface area contributed by atoms with Gasteiger partial charge in [0.1, 0.15) is 5.69 Å². The molecule has 3 heterocycles. The van der Waals surface area contributed by atoms with E-state index in [4.69, 9.17) is 0 Å². The van der Waals surface area contributed by atoms with Crippen molar-refractivity contribution in [3.05, 3.63) is 72.2 Å². The number of nitrogens with zero attached hydrogens (tertiary/aromatic N) is 4. The largest absolute Gasteiger partial charge is 0.304 e. The lowest BCUT2D eigenvalue weighted by atomic mass is 10.1. The van der Waals surface area contributed by atoms with Crippen LogP contribution in [0.3, 0.4) is 0 Å². The normalized spacial score (nSPS) is 16.4. The summed E-state index contributed by atoms with van der Waals surface area (Å²) in [4.78, 5) is 19.3. The number of hydrogen-bond acceptors (Lipinski definition) is 3. The molecule has 2 aromatic heterocycles. The van der Waals surface area contributed by atoms with E-state index >= 15 is 0 Å². The molecular formula is C18H16N4O. The molecule has 4 rings (SSSR count). The Morgan fingerprint density at radius 3 is 2.83 bits per heavy atom. The average Bonchev–Trinajstić information content (AvgIpc) is 3.21. The minimum absolute atomic E-state index is 0.0727. The minimum atomic E-state index is -0.0727. The lowest BCUT2D eigenvalue weighted by molar-refractivity contribution is 0.0976. The van der Waals surface area contributed by atoms with E-state index in [9.17, 15) is 4.79 Å². The molecule has 0 aliphatic carbocycles. The van der Waals surface area contributed by atoms with Crippen LogP contribution in [0, 0.1) is 0 Å². The highest BCUT2D eigenvalue weighted by atomic mass is 16.2. The van der Waals surface area contributed by atoms with E-state index in [-0.39, 0.29) is 11.9 Å². The summed E-state index contributed by atoms with van der Waals surface area (Å²) in [6.07, 6.45) is 4.38. The summed E-state index contributed by atoms with van der Waals surface area (Å²) in [5.41, 5.74) is 2.62. The number of pyridine rings is 1. The van der Waals surface area contributed by atoms with Gasteiger partial charge in [-0.2, -0.15) is 5.10 Å². The van der Waals surface area contributed by atoms with E-state index in [0.29, 0.717) is 11.5 Å². The van der Waals surface area contributed by atoms with Crippen LogP contribution >= 0.6 is 0 Å². The first-order valence-electron chi connectivity index (χ1n) is 7.62. The second kappa shape index (κ2) is 5.35. The van der Waals surface area contributed by atoms with Crippen LogP contribution in [-0.2, 0) is 6.42 Å². The second-order valence-corrected chi connectivity index (χ2v) is 5.69. The summed E-state index contributed by atoms with van der Waals surface area (Å²) in [5, 5.41) is 4.16. The third-order valence-electron chi connectivity index (χ3n) is 4.12. The third kappa shape index (κ3) is 2.30. The Morgan fingerprint density at radius 1 is 1.13 bits per heavy atom.